The number of unbranched alkanes of at least 4 members (excludes halogenated alkanes) is 13. The molecule has 1 aromatic carbocycles. The maximum Gasteiger partial charge on any atom is 0.338 e. The Morgan fingerprint density at radius 1 is 0.812 bits per heavy atom. The second kappa shape index (κ2) is 20.5. The van der Waals surface area contributed by atoms with Gasteiger partial charge in [-0.3, -0.25) is 0 Å². The summed E-state index contributed by atoms with van der Waals surface area (Å²) in [5, 5.41) is 22.5. The Balaban J connectivity index is 1.92. The third kappa shape index (κ3) is 15.7. The van der Waals surface area contributed by atoms with E-state index in [4.69, 9.17) is 9.84 Å². The van der Waals surface area contributed by atoms with Gasteiger partial charge in [-0.05, 0) is 37.1 Å². The number of anilines is 1. The summed E-state index contributed by atoms with van der Waals surface area (Å²) in [7, 11) is 0. The van der Waals surface area contributed by atoms with Crippen LogP contribution in [0.4, 0.5) is 5.69 Å². The van der Waals surface area contributed by atoms with E-state index in [0.29, 0.717) is 5.56 Å². The summed E-state index contributed by atoms with van der Waals surface area (Å²) >= 11 is 3.49. The molecule has 0 saturated heterocycles. The smallest absolute Gasteiger partial charge is 0.338 e. The molecule has 184 valence electrons. The van der Waals surface area contributed by atoms with Crippen LogP contribution >= 0.6 is 15.9 Å². The molecule has 0 saturated carbocycles. The predicted octanol–water partition coefficient (Wildman–Crippen LogP) is 6.46. The minimum atomic E-state index is -1.03. The molecule has 0 heterocycles. The van der Waals surface area contributed by atoms with Crippen LogP contribution in [-0.4, -0.2) is 47.4 Å². The van der Waals surface area contributed by atoms with Crippen LogP contribution in [0.25, 0.3) is 0 Å². The number of rotatable bonds is 21. The van der Waals surface area contributed by atoms with Gasteiger partial charge in [0, 0.05) is 17.6 Å². The first-order valence-electron chi connectivity index (χ1n) is 12.5. The third-order valence-electron chi connectivity index (χ3n) is 5.63. The van der Waals surface area contributed by atoms with E-state index in [1.807, 2.05) is 12.1 Å². The third-order valence-corrected chi connectivity index (χ3v) is 6.19. The average molecular weight is 515 g/mol. The topological polar surface area (TPSA) is 78.8 Å². The lowest BCUT2D eigenvalue weighted by Gasteiger charge is -2.10. The van der Waals surface area contributed by atoms with Crippen LogP contribution in [0.1, 0.15) is 100 Å². The van der Waals surface area contributed by atoms with Gasteiger partial charge in [-0.15, -0.1) is 0 Å². The number of aliphatic hydroxyl groups is 2. The minimum absolute atomic E-state index is 0.201. The van der Waals surface area contributed by atoms with Crippen molar-refractivity contribution in [2.75, 3.05) is 30.4 Å². The number of hydrogen-bond donors (Lipinski definition) is 3. The number of esters is 1. The lowest BCUT2D eigenvalue weighted by Crippen LogP contribution is -2.21. The summed E-state index contributed by atoms with van der Waals surface area (Å²) in [6.45, 7) is 0.309. The first kappa shape index (κ1) is 28.9. The molecule has 6 heteroatoms. The van der Waals surface area contributed by atoms with E-state index in [0.717, 1.165) is 24.0 Å². The Labute approximate surface area is 203 Å². The fourth-order valence-electron chi connectivity index (χ4n) is 3.61. The van der Waals surface area contributed by atoms with Gasteiger partial charge in [-0.1, -0.05) is 93.0 Å². The number of benzene rings is 1. The SMILES string of the molecule is O=C(OCC(O)CO)c1ccc(NCCCCCCCCCCCCCCCCBr)cc1. The van der Waals surface area contributed by atoms with Gasteiger partial charge in [0.05, 0.1) is 12.2 Å². The van der Waals surface area contributed by atoms with Gasteiger partial charge in [0.1, 0.15) is 12.7 Å². The molecule has 0 spiro atoms. The summed E-state index contributed by atoms with van der Waals surface area (Å²) in [5.41, 5.74) is 1.42. The summed E-state index contributed by atoms with van der Waals surface area (Å²) in [6, 6.07) is 7.15. The largest absolute Gasteiger partial charge is 0.459 e. The van der Waals surface area contributed by atoms with Gasteiger partial charge >= 0.3 is 5.97 Å². The van der Waals surface area contributed by atoms with Crippen molar-refractivity contribution < 1.29 is 19.7 Å². The van der Waals surface area contributed by atoms with Crippen LogP contribution in [-0.2, 0) is 4.74 Å². The molecule has 5 nitrogen and oxygen atoms in total. The molecule has 0 radical (unpaired) electrons. The second-order valence-corrected chi connectivity index (χ2v) is 9.37. The van der Waals surface area contributed by atoms with E-state index in [1.54, 1.807) is 12.1 Å². The van der Waals surface area contributed by atoms with E-state index >= 15 is 0 Å². The highest BCUT2D eigenvalue weighted by Crippen LogP contribution is 2.14. The molecule has 0 aliphatic heterocycles. The van der Waals surface area contributed by atoms with Crippen molar-refractivity contribution in [1.82, 2.24) is 0 Å². The maximum absolute atomic E-state index is 11.9. The van der Waals surface area contributed by atoms with Gasteiger partial charge in [0.2, 0.25) is 0 Å². The van der Waals surface area contributed by atoms with Crippen LogP contribution in [0, 0.1) is 0 Å². The molecule has 0 amide bonds. The zero-order valence-corrected chi connectivity index (χ0v) is 21.3. The van der Waals surface area contributed by atoms with Gasteiger partial charge in [-0.25, -0.2) is 4.79 Å². The average Bonchev–Trinajstić information content (AvgIpc) is 2.82. The van der Waals surface area contributed by atoms with E-state index in [9.17, 15) is 9.90 Å². The quantitative estimate of drug-likeness (QED) is 0.0996. The lowest BCUT2D eigenvalue weighted by atomic mass is 10.0. The van der Waals surface area contributed by atoms with Crippen LogP contribution < -0.4 is 5.32 Å². The second-order valence-electron chi connectivity index (χ2n) is 8.58. The fourth-order valence-corrected chi connectivity index (χ4v) is 4.00. The first-order chi connectivity index (χ1) is 15.7. The Bertz CT molecular complexity index is 567. The number of ether oxygens (including phenoxy) is 1. The molecule has 1 atom stereocenters. The first-order valence-corrected chi connectivity index (χ1v) is 13.7. The van der Waals surface area contributed by atoms with E-state index in [1.165, 1.54) is 83.5 Å². The van der Waals surface area contributed by atoms with Crippen molar-refractivity contribution in [3.8, 4) is 0 Å². The monoisotopic (exact) mass is 513 g/mol. The van der Waals surface area contributed by atoms with Crippen molar-refractivity contribution >= 4 is 27.6 Å². The molecular weight excluding hydrogens is 470 g/mol. The highest BCUT2D eigenvalue weighted by atomic mass is 79.9. The molecule has 1 unspecified atom stereocenters. The lowest BCUT2D eigenvalue weighted by molar-refractivity contribution is 0.00933. The summed E-state index contributed by atoms with van der Waals surface area (Å²) in [6.07, 6.45) is 17.9. The van der Waals surface area contributed by atoms with Crippen molar-refractivity contribution in [3.05, 3.63) is 29.8 Å². The van der Waals surface area contributed by atoms with Crippen molar-refractivity contribution in [3.63, 3.8) is 0 Å². The maximum atomic E-state index is 11.9. The number of alkyl halides is 1. The molecule has 1 rings (SSSR count). The van der Waals surface area contributed by atoms with Gasteiger partial charge < -0.3 is 20.3 Å². The number of aliphatic hydroxyl groups excluding tert-OH is 2. The molecule has 0 aromatic heterocycles. The zero-order chi connectivity index (χ0) is 23.3. The molecule has 0 aliphatic carbocycles. The van der Waals surface area contributed by atoms with Crippen molar-refractivity contribution in [2.45, 2.75) is 96.0 Å². The molecule has 1 aromatic rings. The fraction of sp³-hybridized carbons (Fsp3) is 0.731. The standard InChI is InChI=1S/C26H44BrNO4/c27-19-13-11-9-7-5-3-1-2-4-6-8-10-12-14-20-28-24-17-15-23(16-18-24)26(31)32-22-25(30)21-29/h15-18,25,28-30H,1-14,19-22H2. The molecule has 0 aliphatic rings. The minimum Gasteiger partial charge on any atom is -0.459 e. The number of halogens is 1. The van der Waals surface area contributed by atoms with Gasteiger partial charge in [0.15, 0.2) is 0 Å². The normalized spacial score (nSPS) is 12.0. The van der Waals surface area contributed by atoms with Crippen LogP contribution in [0.15, 0.2) is 24.3 Å². The molecule has 0 bridgehead atoms. The highest BCUT2D eigenvalue weighted by Gasteiger charge is 2.10. The van der Waals surface area contributed by atoms with Crippen LogP contribution in [0.5, 0.6) is 0 Å². The van der Waals surface area contributed by atoms with Crippen molar-refractivity contribution in [2.24, 2.45) is 0 Å². The van der Waals surface area contributed by atoms with E-state index in [2.05, 4.69) is 21.2 Å². The zero-order valence-electron chi connectivity index (χ0n) is 19.7. The Kier molecular flexibility index (Phi) is 18.5. The molecule has 0 fully saturated rings. The summed E-state index contributed by atoms with van der Waals surface area (Å²) in [5.74, 6) is -0.495. The number of nitrogens with one attached hydrogen (secondary N) is 1. The molecular formula is C26H44BrNO4. The van der Waals surface area contributed by atoms with Gasteiger partial charge in [0.25, 0.3) is 0 Å². The number of hydrogen-bond acceptors (Lipinski definition) is 5. The van der Waals surface area contributed by atoms with Crippen LogP contribution in [0.3, 0.4) is 0 Å². The van der Waals surface area contributed by atoms with Crippen molar-refractivity contribution in [1.29, 1.82) is 0 Å². The highest BCUT2D eigenvalue weighted by molar-refractivity contribution is 9.09. The van der Waals surface area contributed by atoms with E-state index < -0.39 is 18.7 Å². The number of carbonyl (C=O) groups excluding carboxylic acids is 1. The van der Waals surface area contributed by atoms with Gasteiger partial charge in [-0.2, -0.15) is 0 Å². The van der Waals surface area contributed by atoms with Crippen LogP contribution in [0.2, 0.25) is 0 Å². The molecule has 3 N–H and O–H groups in total. The van der Waals surface area contributed by atoms with E-state index in [-0.39, 0.29) is 6.61 Å². The summed E-state index contributed by atoms with van der Waals surface area (Å²) in [4.78, 5) is 11.9. The summed E-state index contributed by atoms with van der Waals surface area (Å²) < 4.78 is 4.94. The number of carbonyl (C=O) groups is 1. The molecule has 32 heavy (non-hydrogen) atoms. The Hall–Kier alpha value is -1.11. The Morgan fingerprint density at radius 2 is 1.28 bits per heavy atom. The predicted molar refractivity (Wildman–Crippen MR) is 137 cm³/mol. The Morgan fingerprint density at radius 3 is 1.75 bits per heavy atom.